The highest BCUT2D eigenvalue weighted by atomic mass is 28.3. The fraction of sp³-hybridized carbons (Fsp3) is 0.929. The van der Waals surface area contributed by atoms with E-state index in [1.165, 1.54) is 24.2 Å². The molecule has 0 rings (SSSR count). The Morgan fingerprint density at radius 3 is 1.13 bits per heavy atom. The molecule has 0 aromatic carbocycles. The van der Waals surface area contributed by atoms with Crippen LogP contribution in [0.15, 0.2) is 0 Å². The van der Waals surface area contributed by atoms with Gasteiger partial charge in [-0.1, -0.05) is 72.6 Å². The van der Waals surface area contributed by atoms with Gasteiger partial charge in [0.25, 0.3) is 0 Å². The van der Waals surface area contributed by atoms with E-state index in [0.29, 0.717) is 0 Å². The van der Waals surface area contributed by atoms with Gasteiger partial charge in [0.2, 0.25) is 0 Å². The molecule has 0 fully saturated rings. The zero-order chi connectivity index (χ0) is 12.1. The van der Waals surface area contributed by atoms with Gasteiger partial charge in [-0.2, -0.15) is 0 Å². The van der Waals surface area contributed by atoms with Crippen LogP contribution in [0.2, 0.25) is 24.2 Å². The Morgan fingerprint density at radius 1 is 0.733 bits per heavy atom. The Hall–Kier alpha value is 0.217. The third-order valence-electron chi connectivity index (χ3n) is 3.05. The molecule has 0 heterocycles. The van der Waals surface area contributed by atoms with Crippen LogP contribution in [0.1, 0.15) is 41.5 Å². The summed E-state index contributed by atoms with van der Waals surface area (Å²) in [5.74, 6) is 2.57. The van der Waals surface area contributed by atoms with Gasteiger partial charge >= 0.3 is 0 Å². The quantitative estimate of drug-likeness (QED) is 0.522. The van der Waals surface area contributed by atoms with Crippen molar-refractivity contribution in [2.75, 3.05) is 0 Å². The van der Waals surface area contributed by atoms with Gasteiger partial charge in [0.05, 0.1) is 8.07 Å². The molecule has 15 heavy (non-hydrogen) atoms. The van der Waals surface area contributed by atoms with Crippen molar-refractivity contribution < 1.29 is 0 Å². The summed E-state index contributed by atoms with van der Waals surface area (Å²) in [7, 11) is -1.07. The van der Waals surface area contributed by atoms with Crippen molar-refractivity contribution in [2.45, 2.75) is 65.7 Å². The van der Waals surface area contributed by atoms with Crippen LogP contribution in [0.25, 0.3) is 0 Å². The maximum absolute atomic E-state index is 4.28. The lowest BCUT2D eigenvalue weighted by atomic mass is 10.2. The van der Waals surface area contributed by atoms with Crippen molar-refractivity contribution >= 4 is 8.07 Å². The first-order valence-electron chi connectivity index (χ1n) is 6.60. The lowest BCUT2D eigenvalue weighted by molar-refractivity contribution is 0.641. The summed E-state index contributed by atoms with van der Waals surface area (Å²) >= 11 is 0. The molecular weight excluding hydrogens is 196 g/mol. The van der Waals surface area contributed by atoms with E-state index >= 15 is 0 Å². The highest BCUT2D eigenvalue weighted by Crippen LogP contribution is 2.34. The minimum absolute atomic E-state index is 0.857. The Kier molecular flexibility index (Phi) is 6.82. The molecule has 0 aliphatic carbocycles. The molecule has 0 aromatic rings. The van der Waals surface area contributed by atoms with Crippen molar-refractivity contribution in [1.82, 2.24) is 0 Å². The van der Waals surface area contributed by atoms with Crippen molar-refractivity contribution in [3.05, 3.63) is 6.92 Å². The van der Waals surface area contributed by atoms with Gasteiger partial charge in [0.1, 0.15) is 0 Å². The van der Waals surface area contributed by atoms with Crippen LogP contribution < -0.4 is 0 Å². The van der Waals surface area contributed by atoms with Crippen LogP contribution in [-0.4, -0.2) is 8.07 Å². The van der Waals surface area contributed by atoms with Crippen LogP contribution >= 0.6 is 0 Å². The zero-order valence-electron chi connectivity index (χ0n) is 11.8. The fourth-order valence-corrected chi connectivity index (χ4v) is 9.46. The number of rotatable bonds is 7. The minimum Gasteiger partial charge on any atom is -0.0630 e. The summed E-state index contributed by atoms with van der Waals surface area (Å²) in [6.07, 6.45) is 0. The average molecular weight is 227 g/mol. The third kappa shape index (κ3) is 6.39. The summed E-state index contributed by atoms with van der Waals surface area (Å²) in [5, 5.41) is 0. The molecule has 0 aliphatic rings. The lowest BCUT2D eigenvalue weighted by Crippen LogP contribution is -2.37. The van der Waals surface area contributed by atoms with Gasteiger partial charge in [0.15, 0.2) is 0 Å². The molecule has 0 atom stereocenters. The maximum atomic E-state index is 4.28. The van der Waals surface area contributed by atoms with Crippen molar-refractivity contribution in [1.29, 1.82) is 0 Å². The largest absolute Gasteiger partial charge is 0.0630 e. The first kappa shape index (κ1) is 15.2. The average Bonchev–Trinajstić information content (AvgIpc) is 1.99. The number of hydrogen-bond donors (Lipinski definition) is 0. The van der Waals surface area contributed by atoms with Gasteiger partial charge in [-0.05, 0) is 17.8 Å². The summed E-state index contributed by atoms with van der Waals surface area (Å²) < 4.78 is 0. The van der Waals surface area contributed by atoms with E-state index in [9.17, 15) is 0 Å². The molecule has 0 aliphatic heterocycles. The molecule has 0 aromatic heterocycles. The SMILES string of the molecule is [CH2]C[Si](CC(C)C)(CC(C)C)CC(C)C. The smallest absolute Gasteiger partial charge is 0.0543 e. The van der Waals surface area contributed by atoms with Gasteiger partial charge in [-0.15, -0.1) is 0 Å². The minimum atomic E-state index is -1.07. The van der Waals surface area contributed by atoms with Gasteiger partial charge < -0.3 is 0 Å². The predicted molar refractivity (Wildman–Crippen MR) is 74.9 cm³/mol. The molecule has 1 radical (unpaired) electrons. The highest BCUT2D eigenvalue weighted by molar-refractivity contribution is 6.80. The number of hydrogen-bond acceptors (Lipinski definition) is 0. The molecule has 0 bridgehead atoms. The molecule has 91 valence electrons. The van der Waals surface area contributed by atoms with E-state index in [1.54, 1.807) is 0 Å². The second-order valence-corrected chi connectivity index (χ2v) is 11.3. The van der Waals surface area contributed by atoms with Crippen LogP contribution in [0.5, 0.6) is 0 Å². The van der Waals surface area contributed by atoms with Gasteiger partial charge in [0, 0.05) is 0 Å². The molecule has 0 amide bonds. The topological polar surface area (TPSA) is 0 Å². The van der Waals surface area contributed by atoms with E-state index in [2.05, 4.69) is 48.5 Å². The summed E-state index contributed by atoms with van der Waals surface area (Å²) in [6, 6.07) is 5.67. The first-order chi connectivity index (χ1) is 6.81. The van der Waals surface area contributed by atoms with Crippen LogP contribution in [0, 0.1) is 24.7 Å². The Morgan fingerprint density at radius 2 is 1.00 bits per heavy atom. The molecule has 0 N–H and O–H groups in total. The standard InChI is InChI=1S/C14H31Si/c1-8-15(9-12(2)3,10-13(4)5)11-14(6)7/h12-14H,1,8-11H2,2-7H3. The van der Waals surface area contributed by atoms with E-state index in [-0.39, 0.29) is 0 Å². The molecule has 0 spiro atoms. The van der Waals surface area contributed by atoms with Crippen LogP contribution in [0.4, 0.5) is 0 Å². The van der Waals surface area contributed by atoms with E-state index in [1.807, 2.05) is 0 Å². The van der Waals surface area contributed by atoms with E-state index in [0.717, 1.165) is 17.8 Å². The molecule has 0 saturated carbocycles. The van der Waals surface area contributed by atoms with Crippen LogP contribution in [0.3, 0.4) is 0 Å². The predicted octanol–water partition coefficient (Wildman–Crippen LogP) is 5.24. The monoisotopic (exact) mass is 227 g/mol. The van der Waals surface area contributed by atoms with Gasteiger partial charge in [-0.3, -0.25) is 0 Å². The fourth-order valence-electron chi connectivity index (χ4n) is 3.15. The molecule has 1 heteroatoms. The zero-order valence-corrected chi connectivity index (χ0v) is 12.8. The first-order valence-corrected chi connectivity index (χ1v) is 9.43. The van der Waals surface area contributed by atoms with Crippen molar-refractivity contribution in [3.63, 3.8) is 0 Å². The Balaban J connectivity index is 4.59. The Bertz CT molecular complexity index is 132. The summed E-state index contributed by atoms with van der Waals surface area (Å²) in [4.78, 5) is 0. The summed E-state index contributed by atoms with van der Waals surface area (Å²) in [6.45, 7) is 18.5. The maximum Gasteiger partial charge on any atom is 0.0543 e. The Labute approximate surface area is 98.9 Å². The van der Waals surface area contributed by atoms with Crippen molar-refractivity contribution in [3.8, 4) is 0 Å². The molecular formula is C14H31Si. The van der Waals surface area contributed by atoms with Gasteiger partial charge in [-0.25, -0.2) is 0 Å². The molecule has 0 saturated heterocycles. The highest BCUT2D eigenvalue weighted by Gasteiger charge is 2.32. The third-order valence-corrected chi connectivity index (χ3v) is 9.16. The summed E-state index contributed by atoms with van der Waals surface area (Å²) in [5.41, 5.74) is 0. The lowest BCUT2D eigenvalue weighted by Gasteiger charge is -2.35. The normalized spacial score (nSPS) is 13.2. The van der Waals surface area contributed by atoms with Crippen LogP contribution in [-0.2, 0) is 0 Å². The molecule has 0 nitrogen and oxygen atoms in total. The second-order valence-electron chi connectivity index (χ2n) is 6.54. The van der Waals surface area contributed by atoms with Crippen molar-refractivity contribution in [2.24, 2.45) is 17.8 Å². The molecule has 0 unspecified atom stereocenters. The van der Waals surface area contributed by atoms with E-state index in [4.69, 9.17) is 0 Å². The second kappa shape index (κ2) is 6.73. The van der Waals surface area contributed by atoms with E-state index < -0.39 is 8.07 Å².